The Bertz CT molecular complexity index is 886. The number of hydrogen-bond donors (Lipinski definition) is 1. The van der Waals surface area contributed by atoms with Crippen molar-refractivity contribution in [2.75, 3.05) is 6.54 Å². The van der Waals surface area contributed by atoms with Crippen LogP contribution in [0.4, 0.5) is 0 Å². The number of ketones is 1. The normalized spacial score (nSPS) is 19.2. The molecule has 1 heterocycles. The Labute approximate surface area is 157 Å². The lowest BCUT2D eigenvalue weighted by Crippen LogP contribution is -2.30. The molecule has 2 aromatic rings. The van der Waals surface area contributed by atoms with Crippen molar-refractivity contribution in [3.63, 3.8) is 0 Å². The predicted octanol–water partition coefficient (Wildman–Crippen LogP) is 4.48. The number of amides is 1. The van der Waals surface area contributed by atoms with Crippen LogP contribution in [0, 0.1) is 6.92 Å². The molecule has 0 aliphatic carbocycles. The summed E-state index contributed by atoms with van der Waals surface area (Å²) in [5.41, 5.74) is 2.42. The Balaban J connectivity index is 2.19. The lowest BCUT2D eigenvalue weighted by Gasteiger charge is -2.25. The van der Waals surface area contributed by atoms with Gasteiger partial charge >= 0.3 is 0 Å². The lowest BCUT2D eigenvalue weighted by atomic mass is 9.94. The first-order chi connectivity index (χ1) is 12.4. The van der Waals surface area contributed by atoms with Gasteiger partial charge in [-0.25, -0.2) is 0 Å². The molecule has 1 unspecified atom stereocenters. The van der Waals surface area contributed by atoms with E-state index in [2.05, 4.69) is 0 Å². The molecule has 0 saturated carbocycles. The lowest BCUT2D eigenvalue weighted by molar-refractivity contribution is -0.139. The first-order valence-electron chi connectivity index (χ1n) is 8.55. The zero-order valence-electron chi connectivity index (χ0n) is 14.7. The zero-order valence-corrected chi connectivity index (χ0v) is 15.5. The molecule has 134 valence electrons. The number of halogens is 1. The van der Waals surface area contributed by atoms with Crippen LogP contribution in [-0.4, -0.2) is 28.2 Å². The molecule has 2 aromatic carbocycles. The third-order valence-electron chi connectivity index (χ3n) is 4.48. The van der Waals surface area contributed by atoms with Crippen molar-refractivity contribution in [2.24, 2.45) is 0 Å². The van der Waals surface area contributed by atoms with Crippen molar-refractivity contribution in [3.8, 4) is 0 Å². The van der Waals surface area contributed by atoms with E-state index in [0.29, 0.717) is 17.1 Å². The fourth-order valence-corrected chi connectivity index (χ4v) is 3.43. The van der Waals surface area contributed by atoms with E-state index in [0.717, 1.165) is 17.5 Å². The van der Waals surface area contributed by atoms with Crippen molar-refractivity contribution >= 4 is 29.1 Å². The number of Topliss-reactive ketones (excluding diaryl/α,β-unsaturated/α-hetero) is 1. The number of nitrogens with zero attached hydrogens (tertiary/aromatic N) is 1. The molecule has 1 aliphatic rings. The summed E-state index contributed by atoms with van der Waals surface area (Å²) >= 11 is 5.91. The van der Waals surface area contributed by atoms with Crippen LogP contribution in [0.25, 0.3) is 5.76 Å². The first-order valence-corrected chi connectivity index (χ1v) is 8.92. The van der Waals surface area contributed by atoms with Crippen LogP contribution >= 0.6 is 11.6 Å². The van der Waals surface area contributed by atoms with Crippen molar-refractivity contribution in [1.29, 1.82) is 0 Å². The molecular formula is C21H20ClNO3. The second-order valence-electron chi connectivity index (χ2n) is 6.41. The van der Waals surface area contributed by atoms with Crippen molar-refractivity contribution in [1.82, 2.24) is 4.90 Å². The standard InChI is InChI=1S/C21H20ClNO3/c1-3-11-23-18(15-6-4-5-13(2)12-15)17(20(25)21(23)26)19(24)14-7-9-16(22)10-8-14/h4-10,12,18,24H,3,11H2,1-2H3/b19-17-. The number of carbonyl (C=O) groups excluding carboxylic acids is 2. The number of hydrogen-bond acceptors (Lipinski definition) is 3. The average molecular weight is 370 g/mol. The third-order valence-corrected chi connectivity index (χ3v) is 4.73. The summed E-state index contributed by atoms with van der Waals surface area (Å²) in [7, 11) is 0. The highest BCUT2D eigenvalue weighted by Gasteiger charge is 2.45. The average Bonchev–Trinajstić information content (AvgIpc) is 2.87. The number of carbonyl (C=O) groups is 2. The number of aliphatic hydroxyl groups is 1. The minimum atomic E-state index is -0.655. The molecule has 1 atom stereocenters. The SMILES string of the molecule is CCCN1C(=O)C(=O)/C(=C(\O)c2ccc(Cl)cc2)C1c1cccc(C)c1. The molecule has 0 radical (unpaired) electrons. The van der Waals surface area contributed by atoms with Gasteiger partial charge in [0.25, 0.3) is 11.7 Å². The number of aryl methyl sites for hydroxylation is 1. The minimum Gasteiger partial charge on any atom is -0.507 e. The molecule has 0 bridgehead atoms. The summed E-state index contributed by atoms with van der Waals surface area (Å²) in [6.07, 6.45) is 0.719. The largest absolute Gasteiger partial charge is 0.507 e. The number of benzene rings is 2. The summed E-state index contributed by atoms with van der Waals surface area (Å²) in [4.78, 5) is 26.8. The van der Waals surface area contributed by atoms with Gasteiger partial charge in [0.1, 0.15) is 5.76 Å². The smallest absolute Gasteiger partial charge is 0.295 e. The first kappa shape index (κ1) is 18.2. The van der Waals surface area contributed by atoms with E-state index in [-0.39, 0.29) is 11.3 Å². The fraction of sp³-hybridized carbons (Fsp3) is 0.238. The van der Waals surface area contributed by atoms with Gasteiger partial charge in [-0.05, 0) is 43.2 Å². The highest BCUT2D eigenvalue weighted by atomic mass is 35.5. The Morgan fingerprint density at radius 3 is 2.46 bits per heavy atom. The van der Waals surface area contributed by atoms with Gasteiger partial charge in [-0.2, -0.15) is 0 Å². The van der Waals surface area contributed by atoms with Gasteiger partial charge in [-0.1, -0.05) is 48.4 Å². The maximum Gasteiger partial charge on any atom is 0.295 e. The summed E-state index contributed by atoms with van der Waals surface area (Å²) < 4.78 is 0. The molecule has 0 aromatic heterocycles. The summed E-state index contributed by atoms with van der Waals surface area (Å²) in [6, 6.07) is 13.6. The highest BCUT2D eigenvalue weighted by Crippen LogP contribution is 2.39. The molecule has 1 aliphatic heterocycles. The monoisotopic (exact) mass is 369 g/mol. The third kappa shape index (κ3) is 3.25. The van der Waals surface area contributed by atoms with Gasteiger partial charge in [-0.15, -0.1) is 0 Å². The summed E-state index contributed by atoms with van der Waals surface area (Å²) in [5.74, 6) is -1.41. The zero-order chi connectivity index (χ0) is 18.8. The Morgan fingerprint density at radius 2 is 1.85 bits per heavy atom. The minimum absolute atomic E-state index is 0.122. The number of likely N-dealkylation sites (tertiary alicyclic amines) is 1. The van der Waals surface area contributed by atoms with Crippen molar-refractivity contribution in [3.05, 3.63) is 75.8 Å². The van der Waals surface area contributed by atoms with Crippen LogP contribution in [0.5, 0.6) is 0 Å². The summed E-state index contributed by atoms with van der Waals surface area (Å²) in [5, 5.41) is 11.4. The van der Waals surface area contributed by atoms with Gasteiger partial charge in [0.05, 0.1) is 11.6 Å². The Morgan fingerprint density at radius 1 is 1.15 bits per heavy atom. The molecule has 26 heavy (non-hydrogen) atoms. The van der Waals surface area contributed by atoms with Gasteiger partial charge in [0.15, 0.2) is 0 Å². The van der Waals surface area contributed by atoms with E-state index >= 15 is 0 Å². The highest BCUT2D eigenvalue weighted by molar-refractivity contribution is 6.46. The van der Waals surface area contributed by atoms with E-state index in [9.17, 15) is 14.7 Å². The Kier molecular flexibility index (Phi) is 5.14. The van der Waals surface area contributed by atoms with E-state index in [1.807, 2.05) is 38.1 Å². The van der Waals surface area contributed by atoms with Gasteiger partial charge in [-0.3, -0.25) is 9.59 Å². The van der Waals surface area contributed by atoms with Crippen LogP contribution in [0.2, 0.25) is 5.02 Å². The second kappa shape index (κ2) is 7.34. The van der Waals surface area contributed by atoms with Gasteiger partial charge in [0.2, 0.25) is 0 Å². The van der Waals surface area contributed by atoms with E-state index in [4.69, 9.17) is 11.6 Å². The molecule has 5 heteroatoms. The van der Waals surface area contributed by atoms with Gasteiger partial charge in [0, 0.05) is 17.1 Å². The molecule has 1 saturated heterocycles. The second-order valence-corrected chi connectivity index (χ2v) is 6.85. The molecule has 4 nitrogen and oxygen atoms in total. The number of rotatable bonds is 4. The molecule has 0 spiro atoms. The molecule has 3 rings (SSSR count). The topological polar surface area (TPSA) is 57.6 Å². The Hall–Kier alpha value is -2.59. The molecule has 1 N–H and O–H groups in total. The van der Waals surface area contributed by atoms with Crippen LogP contribution in [0.1, 0.15) is 36.1 Å². The van der Waals surface area contributed by atoms with E-state index in [1.165, 1.54) is 0 Å². The van der Waals surface area contributed by atoms with Crippen LogP contribution in [-0.2, 0) is 9.59 Å². The van der Waals surface area contributed by atoms with Crippen LogP contribution in [0.15, 0.2) is 54.1 Å². The summed E-state index contributed by atoms with van der Waals surface area (Å²) in [6.45, 7) is 4.35. The van der Waals surface area contributed by atoms with Gasteiger partial charge < -0.3 is 10.0 Å². The maximum absolute atomic E-state index is 12.7. The van der Waals surface area contributed by atoms with E-state index < -0.39 is 17.7 Å². The van der Waals surface area contributed by atoms with Crippen molar-refractivity contribution < 1.29 is 14.7 Å². The molecular weight excluding hydrogens is 350 g/mol. The maximum atomic E-state index is 12.7. The quantitative estimate of drug-likeness (QED) is 0.491. The van der Waals surface area contributed by atoms with Crippen LogP contribution in [0.3, 0.4) is 0 Å². The molecule has 1 amide bonds. The predicted molar refractivity (Wildman–Crippen MR) is 102 cm³/mol. The van der Waals surface area contributed by atoms with Crippen molar-refractivity contribution in [2.45, 2.75) is 26.3 Å². The van der Waals surface area contributed by atoms with Crippen LogP contribution < -0.4 is 0 Å². The number of aliphatic hydroxyl groups excluding tert-OH is 1. The molecule has 1 fully saturated rings. The van der Waals surface area contributed by atoms with E-state index in [1.54, 1.807) is 29.2 Å². The fourth-order valence-electron chi connectivity index (χ4n) is 3.30.